The van der Waals surface area contributed by atoms with E-state index in [2.05, 4.69) is 32.6 Å². The normalized spacial score (nSPS) is 11.9. The van der Waals surface area contributed by atoms with Gasteiger partial charge in [-0.3, -0.25) is 0 Å². The molecule has 1 rings (SSSR count). The number of rotatable bonds is 4. The van der Waals surface area contributed by atoms with Crippen LogP contribution in [0.2, 0.25) is 5.15 Å². The molecule has 0 saturated carbocycles. The minimum Gasteiger partial charge on any atom is -0.378 e. The van der Waals surface area contributed by atoms with Crippen molar-refractivity contribution >= 4 is 34.2 Å². The average Bonchev–Trinajstić information content (AvgIpc) is 2.24. The third-order valence-electron chi connectivity index (χ3n) is 2.21. The number of aromatic nitrogens is 2. The van der Waals surface area contributed by atoms with Crippen molar-refractivity contribution in [3.05, 3.63) is 20.2 Å². The molecule has 0 N–H and O–H groups in total. The van der Waals surface area contributed by atoms with Crippen LogP contribution in [-0.4, -0.2) is 24.2 Å². The molecule has 0 aliphatic heterocycles. The molecule has 4 nitrogen and oxygen atoms in total. The summed E-state index contributed by atoms with van der Waals surface area (Å²) in [7, 11) is 3.23. The Hall–Kier alpha value is 0.0200. The van der Waals surface area contributed by atoms with Crippen molar-refractivity contribution in [2.24, 2.45) is 0 Å². The molecule has 0 saturated heterocycles. The Morgan fingerprint density at radius 3 is 2.44 bits per heavy atom. The molecule has 0 fully saturated rings. The fraction of sp³-hybridized carbons (Fsp3) is 0.600. The molecule has 0 aromatic carbocycles. The van der Waals surface area contributed by atoms with Gasteiger partial charge in [0.2, 0.25) is 0 Å². The third kappa shape index (κ3) is 3.03. The monoisotopic (exact) mass is 356 g/mol. The van der Waals surface area contributed by atoms with E-state index in [1.54, 1.807) is 14.2 Å². The summed E-state index contributed by atoms with van der Waals surface area (Å²) in [6.45, 7) is 4.19. The van der Waals surface area contributed by atoms with Gasteiger partial charge in [-0.05, 0) is 36.4 Å². The van der Waals surface area contributed by atoms with E-state index in [9.17, 15) is 0 Å². The lowest BCUT2D eigenvalue weighted by atomic mass is 10.1. The minimum atomic E-state index is -0.559. The van der Waals surface area contributed by atoms with Crippen LogP contribution in [0.25, 0.3) is 0 Å². The van der Waals surface area contributed by atoms with Gasteiger partial charge in [0.15, 0.2) is 5.82 Å². The fourth-order valence-corrected chi connectivity index (χ4v) is 1.64. The zero-order valence-electron chi connectivity index (χ0n) is 9.67. The maximum absolute atomic E-state index is 6.05. The predicted octanol–water partition coefficient (Wildman–Crippen LogP) is 2.76. The van der Waals surface area contributed by atoms with Crippen LogP contribution in [0.4, 0.5) is 0 Å². The number of halogens is 2. The topological polar surface area (TPSA) is 44.2 Å². The van der Waals surface area contributed by atoms with E-state index < -0.39 is 5.60 Å². The van der Waals surface area contributed by atoms with Crippen LogP contribution in [0, 0.1) is 3.57 Å². The lowest BCUT2D eigenvalue weighted by Crippen LogP contribution is -2.24. The Morgan fingerprint density at radius 1 is 1.31 bits per heavy atom. The van der Waals surface area contributed by atoms with Crippen LogP contribution < -0.4 is 0 Å². The Morgan fingerprint density at radius 2 is 1.94 bits per heavy atom. The Kier molecular flexibility index (Phi) is 4.90. The smallest absolute Gasteiger partial charge is 0.161 e. The number of hydrogen-bond acceptors (Lipinski definition) is 4. The summed E-state index contributed by atoms with van der Waals surface area (Å²) in [5.74, 6) is 0.562. The Bertz CT molecular complexity index is 385. The molecule has 0 bridgehead atoms. The summed E-state index contributed by atoms with van der Waals surface area (Å²) in [5.41, 5.74) is 0.222. The van der Waals surface area contributed by atoms with Crippen molar-refractivity contribution in [3.63, 3.8) is 0 Å². The highest BCUT2D eigenvalue weighted by Crippen LogP contribution is 2.26. The highest BCUT2D eigenvalue weighted by Gasteiger charge is 2.25. The molecule has 0 radical (unpaired) electrons. The second-order valence-corrected chi connectivity index (χ2v) is 5.18. The van der Waals surface area contributed by atoms with Crippen molar-refractivity contribution in [1.29, 1.82) is 0 Å². The summed E-state index contributed by atoms with van der Waals surface area (Å²) in [4.78, 5) is 8.64. The van der Waals surface area contributed by atoms with Gasteiger partial charge in [0.25, 0.3) is 0 Å². The van der Waals surface area contributed by atoms with Gasteiger partial charge in [-0.1, -0.05) is 11.6 Å². The molecule has 0 aliphatic rings. The van der Waals surface area contributed by atoms with Crippen LogP contribution in [0.5, 0.6) is 0 Å². The third-order valence-corrected chi connectivity index (χ3v) is 3.94. The molecule has 16 heavy (non-hydrogen) atoms. The zero-order valence-corrected chi connectivity index (χ0v) is 12.6. The summed E-state index contributed by atoms with van der Waals surface area (Å²) in [6, 6.07) is 0. The molecule has 1 heterocycles. The summed E-state index contributed by atoms with van der Waals surface area (Å²) in [5, 5.41) is 0.433. The molecule has 1 aromatic rings. The van der Waals surface area contributed by atoms with E-state index in [1.807, 2.05) is 13.8 Å². The molecule has 0 atom stereocenters. The van der Waals surface area contributed by atoms with Gasteiger partial charge >= 0.3 is 0 Å². The SMILES string of the molecule is COCc1nc(C(C)(C)OC)nc(Cl)c1I. The fourth-order valence-electron chi connectivity index (χ4n) is 1.06. The highest BCUT2D eigenvalue weighted by molar-refractivity contribution is 14.1. The van der Waals surface area contributed by atoms with E-state index in [-0.39, 0.29) is 0 Å². The number of hydrogen-bond donors (Lipinski definition) is 0. The van der Waals surface area contributed by atoms with Crippen molar-refractivity contribution in [2.75, 3.05) is 14.2 Å². The van der Waals surface area contributed by atoms with E-state index in [0.29, 0.717) is 17.6 Å². The molecule has 0 aliphatic carbocycles. The number of ether oxygens (including phenoxy) is 2. The number of nitrogens with zero attached hydrogens (tertiary/aromatic N) is 2. The summed E-state index contributed by atoms with van der Waals surface area (Å²) >= 11 is 8.16. The maximum atomic E-state index is 6.05. The first-order valence-electron chi connectivity index (χ1n) is 4.69. The first-order chi connectivity index (χ1) is 7.42. The predicted molar refractivity (Wildman–Crippen MR) is 70.5 cm³/mol. The molecular formula is C10H14ClIN2O2. The van der Waals surface area contributed by atoms with Gasteiger partial charge in [0.1, 0.15) is 10.8 Å². The van der Waals surface area contributed by atoms with E-state index in [1.165, 1.54) is 0 Å². The quantitative estimate of drug-likeness (QED) is 0.615. The standard InChI is InChI=1S/C10H14ClIN2O2/c1-10(2,16-4)9-13-6(5-15-3)7(12)8(11)14-9/h5H2,1-4H3. The highest BCUT2D eigenvalue weighted by atomic mass is 127. The summed E-state index contributed by atoms with van der Waals surface area (Å²) in [6.07, 6.45) is 0. The van der Waals surface area contributed by atoms with Crippen LogP contribution in [-0.2, 0) is 21.7 Å². The molecule has 90 valence electrons. The van der Waals surface area contributed by atoms with Gasteiger partial charge < -0.3 is 9.47 Å². The summed E-state index contributed by atoms with van der Waals surface area (Å²) < 4.78 is 11.2. The van der Waals surface area contributed by atoms with Crippen molar-refractivity contribution in [3.8, 4) is 0 Å². The van der Waals surface area contributed by atoms with Gasteiger partial charge in [-0.25, -0.2) is 9.97 Å². The lowest BCUT2D eigenvalue weighted by molar-refractivity contribution is 0.0109. The van der Waals surface area contributed by atoms with Crippen molar-refractivity contribution in [1.82, 2.24) is 9.97 Å². The van der Waals surface area contributed by atoms with Crippen molar-refractivity contribution in [2.45, 2.75) is 26.1 Å². The van der Waals surface area contributed by atoms with Gasteiger partial charge in [-0.2, -0.15) is 0 Å². The molecule has 1 aromatic heterocycles. The van der Waals surface area contributed by atoms with E-state index in [0.717, 1.165) is 9.26 Å². The molecule has 0 spiro atoms. The van der Waals surface area contributed by atoms with Crippen LogP contribution in [0.1, 0.15) is 25.4 Å². The van der Waals surface area contributed by atoms with Gasteiger partial charge in [-0.15, -0.1) is 0 Å². The Labute approximate surface area is 114 Å². The molecule has 6 heteroatoms. The maximum Gasteiger partial charge on any atom is 0.161 e. The zero-order chi connectivity index (χ0) is 12.3. The second-order valence-electron chi connectivity index (χ2n) is 3.75. The Balaban J connectivity index is 3.23. The number of methoxy groups -OCH3 is 2. The first-order valence-corrected chi connectivity index (χ1v) is 6.14. The van der Waals surface area contributed by atoms with Gasteiger partial charge in [0.05, 0.1) is 15.9 Å². The minimum absolute atomic E-state index is 0.410. The lowest BCUT2D eigenvalue weighted by Gasteiger charge is -2.22. The van der Waals surface area contributed by atoms with Crippen molar-refractivity contribution < 1.29 is 9.47 Å². The molecule has 0 unspecified atom stereocenters. The molecule has 0 amide bonds. The molecular weight excluding hydrogens is 342 g/mol. The van der Waals surface area contributed by atoms with E-state index in [4.69, 9.17) is 21.1 Å². The second kappa shape index (κ2) is 5.57. The van der Waals surface area contributed by atoms with Crippen LogP contribution in [0.15, 0.2) is 0 Å². The van der Waals surface area contributed by atoms with Gasteiger partial charge in [0, 0.05) is 14.2 Å². The van der Waals surface area contributed by atoms with E-state index >= 15 is 0 Å². The van der Waals surface area contributed by atoms with Crippen LogP contribution in [0.3, 0.4) is 0 Å². The first kappa shape index (κ1) is 14.1. The largest absolute Gasteiger partial charge is 0.378 e. The van der Waals surface area contributed by atoms with Crippen LogP contribution >= 0.6 is 34.2 Å². The average molecular weight is 357 g/mol.